The quantitative estimate of drug-likeness (QED) is 0.0799. The van der Waals surface area contributed by atoms with Gasteiger partial charge in [0.1, 0.15) is 12.2 Å². The molecule has 0 aromatic rings. The lowest BCUT2D eigenvalue weighted by atomic mass is 9.44. The van der Waals surface area contributed by atoms with E-state index in [-0.39, 0.29) is 24.1 Å². The van der Waals surface area contributed by atoms with Gasteiger partial charge in [-0.2, -0.15) is 0 Å². The molecule has 8 saturated carbocycles. The lowest BCUT2D eigenvalue weighted by molar-refractivity contribution is -0.885. The molecule has 2 unspecified atom stereocenters. The first kappa shape index (κ1) is 59.0. The average molecular weight is 1030 g/mol. The van der Waals surface area contributed by atoms with Crippen LogP contribution in [0.4, 0.5) is 0 Å². The monoisotopic (exact) mass is 1030 g/mol. The number of carbonyl (C=O) groups excluding carboxylic acids is 2. The van der Waals surface area contributed by atoms with E-state index in [2.05, 4.69) is 109 Å². The van der Waals surface area contributed by atoms with Crippen molar-refractivity contribution in [2.24, 2.45) is 105 Å². The number of hydrogen-bond donors (Lipinski definition) is 0. The molecule has 18 atom stereocenters. The summed E-state index contributed by atoms with van der Waals surface area (Å²) >= 11 is 0. The van der Waals surface area contributed by atoms with Gasteiger partial charge in [0.15, 0.2) is 13.1 Å². The van der Waals surface area contributed by atoms with E-state index in [1.807, 2.05) is 0 Å². The first-order valence-electron chi connectivity index (χ1n) is 32.5. The molecule has 426 valence electrons. The Labute approximate surface area is 457 Å². The van der Waals surface area contributed by atoms with Gasteiger partial charge in [0.25, 0.3) is 0 Å². The first-order valence-corrected chi connectivity index (χ1v) is 32.5. The fourth-order valence-electron chi connectivity index (χ4n) is 21.0. The summed E-state index contributed by atoms with van der Waals surface area (Å²) in [6.07, 6.45) is 32.3. The predicted molar refractivity (Wildman–Crippen MR) is 307 cm³/mol. The Hall–Kier alpha value is -1.18. The molecule has 7 nitrogen and oxygen atoms in total. The molecule has 8 rings (SSSR count). The Morgan fingerprint density at radius 2 is 0.851 bits per heavy atom. The molecule has 8 aliphatic rings. The lowest BCUT2D eigenvalue weighted by Crippen LogP contribution is -2.55. The Morgan fingerprint density at radius 1 is 0.486 bits per heavy atom. The Morgan fingerprint density at radius 3 is 1.23 bits per heavy atom. The van der Waals surface area contributed by atoms with Crippen LogP contribution in [0, 0.1) is 105 Å². The highest BCUT2D eigenvalue weighted by Crippen LogP contribution is 2.70. The van der Waals surface area contributed by atoms with Crippen molar-refractivity contribution in [3.8, 4) is 0 Å². The topological polar surface area (TPSA) is 55.8 Å². The normalized spacial score (nSPS) is 40.9. The van der Waals surface area contributed by atoms with E-state index in [1.54, 1.807) is 0 Å². The highest BCUT2D eigenvalue weighted by Gasteiger charge is 2.63. The fraction of sp³-hybridized carbons (Fsp3) is 0.970. The summed E-state index contributed by atoms with van der Waals surface area (Å²) in [5, 5.41) is 0. The predicted octanol–water partition coefficient (Wildman–Crippen LogP) is 15.1. The van der Waals surface area contributed by atoms with Crippen LogP contribution in [0.5, 0.6) is 0 Å². The Balaban J connectivity index is 0.721. The van der Waals surface area contributed by atoms with Crippen molar-refractivity contribution in [2.45, 2.75) is 236 Å². The number of carbonyl (C=O) groups is 2. The lowest BCUT2D eigenvalue weighted by Gasteiger charge is -2.61. The van der Waals surface area contributed by atoms with Gasteiger partial charge in [0.05, 0.1) is 41.3 Å². The summed E-state index contributed by atoms with van der Waals surface area (Å²) in [5.74, 6) is 11.9. The van der Waals surface area contributed by atoms with Gasteiger partial charge >= 0.3 is 11.9 Å². The van der Waals surface area contributed by atoms with Crippen LogP contribution in [0.1, 0.15) is 223 Å². The van der Waals surface area contributed by atoms with E-state index in [4.69, 9.17) is 9.47 Å². The zero-order valence-corrected chi connectivity index (χ0v) is 51.4. The molecule has 0 heterocycles. The van der Waals surface area contributed by atoms with Gasteiger partial charge < -0.3 is 18.4 Å². The second-order valence-corrected chi connectivity index (χ2v) is 32.1. The third-order valence-corrected chi connectivity index (χ3v) is 25.5. The third-order valence-electron chi connectivity index (χ3n) is 25.5. The van der Waals surface area contributed by atoms with E-state index in [1.165, 1.54) is 128 Å². The minimum Gasteiger partial charge on any atom is -0.458 e. The average Bonchev–Trinajstić information content (AvgIpc) is 3.87. The van der Waals surface area contributed by atoms with Crippen molar-refractivity contribution >= 4 is 11.9 Å². The number of nitrogens with zero attached hydrogens (tertiary/aromatic N) is 3. The summed E-state index contributed by atoms with van der Waals surface area (Å²) in [6, 6.07) is 0. The molecular formula is C67H121N3O4+2. The number of rotatable bonds is 22. The van der Waals surface area contributed by atoms with E-state index in [0.717, 1.165) is 123 Å². The summed E-state index contributed by atoms with van der Waals surface area (Å²) in [7, 11) is 10.9. The zero-order chi connectivity index (χ0) is 53.6. The molecule has 0 aliphatic heterocycles. The molecule has 0 radical (unpaired) electrons. The molecule has 0 aromatic carbocycles. The van der Waals surface area contributed by atoms with Crippen LogP contribution >= 0.6 is 0 Å². The number of quaternary nitrogens is 2. The smallest absolute Gasteiger partial charge is 0.362 e. The second kappa shape index (κ2) is 23.5. The van der Waals surface area contributed by atoms with Crippen molar-refractivity contribution in [1.82, 2.24) is 4.90 Å². The van der Waals surface area contributed by atoms with E-state index >= 15 is 0 Å². The largest absolute Gasteiger partial charge is 0.458 e. The van der Waals surface area contributed by atoms with Gasteiger partial charge in [-0.3, -0.25) is 4.90 Å². The van der Waals surface area contributed by atoms with Gasteiger partial charge in [0, 0.05) is 13.1 Å². The van der Waals surface area contributed by atoms with Crippen LogP contribution < -0.4 is 0 Å². The Bertz CT molecular complexity index is 1730. The van der Waals surface area contributed by atoms with Crippen molar-refractivity contribution in [1.29, 1.82) is 0 Å². The molecule has 8 aliphatic carbocycles. The minimum absolute atomic E-state index is 0.0176. The highest BCUT2D eigenvalue weighted by atomic mass is 16.5. The minimum atomic E-state index is -0.0176. The maximum absolute atomic E-state index is 13.6. The molecule has 0 aromatic heterocycles. The van der Waals surface area contributed by atoms with Crippen molar-refractivity contribution in [2.75, 3.05) is 74.5 Å². The Kier molecular flexibility index (Phi) is 18.7. The second-order valence-electron chi connectivity index (χ2n) is 32.1. The van der Waals surface area contributed by atoms with Gasteiger partial charge in [-0.15, -0.1) is 0 Å². The molecule has 0 N–H and O–H groups in total. The zero-order valence-electron chi connectivity index (χ0n) is 51.4. The van der Waals surface area contributed by atoms with Crippen molar-refractivity contribution in [3.05, 3.63) is 0 Å². The SMILES string of the molecule is CC(C)CCC[C@@H](C)[C@H]1CC[C@H]2[C@@H]3CCC4C[C@@H](OC(=O)C[N+](C)(C)CCN(C)CC[N+](C)(C)CC(=O)O[C@H]5CC[C@@]6(C)C(CC[C@H]7[C@@H]8CC[C@H]([C@H](C)CCCC(C)C)[C@@]8(C)CC[C@@H]76)C5)CC[C@]4(C)[C@H]3CC[C@]12C. The number of fused-ring (bicyclic) bond motifs is 10. The van der Waals surface area contributed by atoms with Crippen LogP contribution in [0.15, 0.2) is 0 Å². The third kappa shape index (κ3) is 12.7. The molecular weight excluding hydrogens is 911 g/mol. The summed E-state index contributed by atoms with van der Waals surface area (Å²) in [6.45, 7) is 29.9. The van der Waals surface area contributed by atoms with E-state index in [9.17, 15) is 9.59 Å². The van der Waals surface area contributed by atoms with Gasteiger partial charge in [-0.1, -0.05) is 108 Å². The van der Waals surface area contributed by atoms with Crippen molar-refractivity contribution in [3.63, 3.8) is 0 Å². The molecule has 0 saturated heterocycles. The van der Waals surface area contributed by atoms with Crippen LogP contribution in [0.25, 0.3) is 0 Å². The highest BCUT2D eigenvalue weighted by molar-refractivity contribution is 5.71. The maximum Gasteiger partial charge on any atom is 0.362 e. The maximum atomic E-state index is 13.6. The fourth-order valence-corrected chi connectivity index (χ4v) is 21.0. The summed E-state index contributed by atoms with van der Waals surface area (Å²) in [4.78, 5) is 29.7. The molecule has 7 heteroatoms. The molecule has 74 heavy (non-hydrogen) atoms. The van der Waals surface area contributed by atoms with Crippen LogP contribution in [0.3, 0.4) is 0 Å². The van der Waals surface area contributed by atoms with Crippen molar-refractivity contribution < 1.29 is 28.0 Å². The van der Waals surface area contributed by atoms with Crippen LogP contribution in [-0.4, -0.2) is 113 Å². The number of hydrogen-bond acceptors (Lipinski definition) is 5. The molecule has 0 spiro atoms. The summed E-state index contributed by atoms with van der Waals surface area (Å²) < 4.78 is 14.1. The first-order chi connectivity index (χ1) is 34.8. The molecule has 0 amide bonds. The standard InChI is InChI=1S/C67H121N3O4/c1-46(2)18-16-20-48(5)56-26-28-58-54-24-22-50-42-52(30-34-64(50,7)60(54)32-36-66(56,58)9)73-62(71)44-69(12,13)40-38-68(11)39-41-70(14,15)45-63(72)74-53-31-35-65(8)51(43-53)23-25-55-59-29-27-57(49(6)21-17-19-47(3)4)67(59,10)37-33-61(55)65/h46-61H,16-45H2,1-15H3/q+2/t48-,49-,50?,51?,52+,53+,54+,55+,56-,57-,58+,59+,60+,61+,64+,65+,66-,67-/m1/s1. The number of ether oxygens (including phenoxy) is 2. The van der Waals surface area contributed by atoms with Gasteiger partial charge in [-0.05, 0) is 227 Å². The van der Waals surface area contributed by atoms with Crippen LogP contribution in [0.2, 0.25) is 0 Å². The van der Waals surface area contributed by atoms with Gasteiger partial charge in [0.2, 0.25) is 0 Å². The van der Waals surface area contributed by atoms with E-state index in [0.29, 0.717) is 55.6 Å². The van der Waals surface area contributed by atoms with Gasteiger partial charge in [-0.25, -0.2) is 9.59 Å². The van der Waals surface area contributed by atoms with E-state index < -0.39 is 0 Å². The molecule has 0 bridgehead atoms. The number of likely N-dealkylation sites (N-methyl/N-ethyl adjacent to an activating group) is 3. The molecule has 8 fully saturated rings. The van der Waals surface area contributed by atoms with Crippen LogP contribution in [-0.2, 0) is 19.1 Å². The number of esters is 2. The summed E-state index contributed by atoms with van der Waals surface area (Å²) in [5.41, 5.74) is 1.90.